The van der Waals surface area contributed by atoms with Crippen molar-refractivity contribution in [3.8, 4) is 0 Å². The number of aliphatic hydroxyl groups excluding tert-OH is 1. The van der Waals surface area contributed by atoms with Crippen molar-refractivity contribution in [2.45, 2.75) is 52.6 Å². The van der Waals surface area contributed by atoms with Gasteiger partial charge in [0.15, 0.2) is 5.78 Å². The Morgan fingerprint density at radius 3 is 2.50 bits per heavy atom. The van der Waals surface area contributed by atoms with Crippen LogP contribution < -0.4 is 0 Å². The Labute approximate surface area is 85.7 Å². The van der Waals surface area contributed by atoms with Gasteiger partial charge in [-0.3, -0.25) is 4.79 Å². The topological polar surface area (TPSA) is 37.3 Å². The molecule has 0 saturated heterocycles. The lowest BCUT2D eigenvalue weighted by molar-refractivity contribution is -0.128. The van der Waals surface area contributed by atoms with Crippen molar-refractivity contribution >= 4 is 5.78 Å². The van der Waals surface area contributed by atoms with Crippen molar-refractivity contribution in [2.75, 3.05) is 0 Å². The molecule has 0 bridgehead atoms. The highest BCUT2D eigenvalue weighted by atomic mass is 16.3. The molecule has 2 nitrogen and oxygen atoms in total. The van der Waals surface area contributed by atoms with Crippen LogP contribution in [0.1, 0.15) is 46.5 Å². The van der Waals surface area contributed by atoms with Crippen LogP contribution in [0.25, 0.3) is 0 Å². The summed E-state index contributed by atoms with van der Waals surface area (Å²) in [6, 6.07) is 0. The molecule has 2 heteroatoms. The van der Waals surface area contributed by atoms with Gasteiger partial charge in [0.2, 0.25) is 0 Å². The molecule has 2 rings (SSSR count). The molecular weight excluding hydrogens is 176 g/mol. The molecule has 0 heterocycles. The van der Waals surface area contributed by atoms with Crippen LogP contribution in [0.4, 0.5) is 0 Å². The maximum absolute atomic E-state index is 11.6. The molecule has 0 aromatic rings. The van der Waals surface area contributed by atoms with Crippen molar-refractivity contribution in [1.29, 1.82) is 0 Å². The van der Waals surface area contributed by atoms with Crippen molar-refractivity contribution in [3.05, 3.63) is 0 Å². The molecule has 80 valence electrons. The summed E-state index contributed by atoms with van der Waals surface area (Å²) in [4.78, 5) is 11.6. The van der Waals surface area contributed by atoms with Crippen molar-refractivity contribution in [3.63, 3.8) is 0 Å². The first-order chi connectivity index (χ1) is 6.38. The first kappa shape index (κ1) is 10.2. The number of fused-ring (bicyclic) bond motifs is 1. The maximum Gasteiger partial charge on any atom is 0.162 e. The van der Waals surface area contributed by atoms with Crippen molar-refractivity contribution in [1.82, 2.24) is 0 Å². The van der Waals surface area contributed by atoms with Gasteiger partial charge in [-0.15, -0.1) is 0 Å². The minimum absolute atomic E-state index is 0.0625. The van der Waals surface area contributed by atoms with Crippen LogP contribution in [0.2, 0.25) is 0 Å². The van der Waals surface area contributed by atoms with Gasteiger partial charge >= 0.3 is 0 Å². The van der Waals surface area contributed by atoms with E-state index in [4.69, 9.17) is 0 Å². The molecule has 2 aliphatic rings. The van der Waals surface area contributed by atoms with Crippen LogP contribution in [0.3, 0.4) is 0 Å². The summed E-state index contributed by atoms with van der Waals surface area (Å²) in [5, 5.41) is 9.93. The standard InChI is InChI=1S/C12H20O2/c1-11(2)5-4-6-12(3)9(11)7-8(13)10(12)14/h9-10,14H,4-7H2,1-3H3/t9-,10-,12+/m1/s1. The molecule has 0 amide bonds. The summed E-state index contributed by atoms with van der Waals surface area (Å²) in [6.45, 7) is 6.56. The summed E-state index contributed by atoms with van der Waals surface area (Å²) in [5.41, 5.74) is 0.0823. The molecule has 2 aliphatic carbocycles. The Bertz CT molecular complexity index is 269. The summed E-state index contributed by atoms with van der Waals surface area (Å²) >= 11 is 0. The predicted octanol–water partition coefficient (Wildman–Crippen LogP) is 2.15. The Hall–Kier alpha value is -0.370. The normalized spacial score (nSPS) is 46.4. The average Bonchev–Trinajstić information content (AvgIpc) is 2.30. The number of rotatable bonds is 0. The fourth-order valence-electron chi connectivity index (χ4n) is 3.68. The molecule has 0 radical (unpaired) electrons. The van der Waals surface area contributed by atoms with E-state index in [1.165, 1.54) is 6.42 Å². The van der Waals surface area contributed by atoms with Crippen LogP contribution in [0, 0.1) is 16.7 Å². The van der Waals surface area contributed by atoms with Gasteiger partial charge in [0.25, 0.3) is 0 Å². The van der Waals surface area contributed by atoms with Gasteiger partial charge in [0.1, 0.15) is 6.10 Å². The highest BCUT2D eigenvalue weighted by Gasteiger charge is 2.57. The maximum atomic E-state index is 11.6. The zero-order valence-electron chi connectivity index (χ0n) is 9.34. The average molecular weight is 196 g/mol. The van der Waals surface area contributed by atoms with E-state index in [0.717, 1.165) is 12.8 Å². The lowest BCUT2D eigenvalue weighted by atomic mass is 9.57. The molecule has 0 spiro atoms. The number of aliphatic hydroxyl groups is 1. The molecule has 0 aromatic heterocycles. The lowest BCUT2D eigenvalue weighted by Gasteiger charge is -2.47. The summed E-state index contributed by atoms with van der Waals surface area (Å²) in [5.74, 6) is 0.443. The molecule has 2 saturated carbocycles. The van der Waals surface area contributed by atoms with Gasteiger partial charge in [-0.1, -0.05) is 27.2 Å². The minimum Gasteiger partial charge on any atom is -0.385 e. The van der Waals surface area contributed by atoms with Crippen molar-refractivity contribution < 1.29 is 9.90 Å². The van der Waals surface area contributed by atoms with Gasteiger partial charge in [-0.05, 0) is 24.2 Å². The first-order valence-corrected chi connectivity index (χ1v) is 5.59. The van der Waals surface area contributed by atoms with Gasteiger partial charge in [-0.2, -0.15) is 0 Å². The van der Waals surface area contributed by atoms with E-state index < -0.39 is 6.10 Å². The quantitative estimate of drug-likeness (QED) is 0.644. The predicted molar refractivity (Wildman–Crippen MR) is 54.9 cm³/mol. The second-order valence-corrected chi connectivity index (χ2v) is 5.97. The van der Waals surface area contributed by atoms with Crippen molar-refractivity contribution in [2.24, 2.45) is 16.7 Å². The zero-order valence-corrected chi connectivity index (χ0v) is 9.34. The van der Waals surface area contributed by atoms with Gasteiger partial charge in [0.05, 0.1) is 0 Å². The summed E-state index contributed by atoms with van der Waals surface area (Å²) in [7, 11) is 0. The summed E-state index contributed by atoms with van der Waals surface area (Å²) < 4.78 is 0. The molecule has 3 atom stereocenters. The van der Waals surface area contributed by atoms with Gasteiger partial charge in [0, 0.05) is 11.8 Å². The Kier molecular flexibility index (Phi) is 2.04. The highest BCUT2D eigenvalue weighted by Crippen LogP contribution is 2.57. The van der Waals surface area contributed by atoms with E-state index in [2.05, 4.69) is 20.8 Å². The monoisotopic (exact) mass is 196 g/mol. The Balaban J connectivity index is 2.36. The van der Waals surface area contributed by atoms with Crippen LogP contribution in [0.5, 0.6) is 0 Å². The first-order valence-electron chi connectivity index (χ1n) is 5.59. The minimum atomic E-state index is -0.702. The molecule has 0 aromatic carbocycles. The summed E-state index contributed by atoms with van der Waals surface area (Å²) in [6.07, 6.45) is 3.23. The van der Waals surface area contributed by atoms with E-state index in [1.54, 1.807) is 0 Å². The third kappa shape index (κ3) is 1.16. The lowest BCUT2D eigenvalue weighted by Crippen LogP contribution is -2.43. The van der Waals surface area contributed by atoms with Crippen LogP contribution in [-0.2, 0) is 4.79 Å². The van der Waals surface area contributed by atoms with E-state index in [0.29, 0.717) is 12.3 Å². The number of hydrogen-bond acceptors (Lipinski definition) is 2. The van der Waals surface area contributed by atoms with Crippen LogP contribution in [0.15, 0.2) is 0 Å². The second kappa shape index (κ2) is 2.82. The number of hydrogen-bond donors (Lipinski definition) is 1. The number of carbonyl (C=O) groups is 1. The van der Waals surface area contributed by atoms with E-state index in [9.17, 15) is 9.90 Å². The Morgan fingerprint density at radius 2 is 1.93 bits per heavy atom. The highest BCUT2D eigenvalue weighted by molar-refractivity contribution is 5.86. The number of ketones is 1. The molecule has 0 aliphatic heterocycles. The van der Waals surface area contributed by atoms with E-state index >= 15 is 0 Å². The third-order valence-electron chi connectivity index (χ3n) is 4.61. The Morgan fingerprint density at radius 1 is 1.29 bits per heavy atom. The van der Waals surface area contributed by atoms with Gasteiger partial charge in [-0.25, -0.2) is 0 Å². The largest absolute Gasteiger partial charge is 0.385 e. The van der Waals surface area contributed by atoms with E-state index in [1.807, 2.05) is 0 Å². The number of Topliss-reactive ketones (excluding diaryl/α,β-unsaturated/α-hetero) is 1. The van der Waals surface area contributed by atoms with Crippen LogP contribution in [-0.4, -0.2) is 17.0 Å². The third-order valence-corrected chi connectivity index (χ3v) is 4.61. The molecular formula is C12H20O2. The fraction of sp³-hybridized carbons (Fsp3) is 0.917. The fourth-order valence-corrected chi connectivity index (χ4v) is 3.68. The molecule has 2 fully saturated rings. The molecule has 0 unspecified atom stereocenters. The zero-order chi connectivity index (χ0) is 10.6. The smallest absolute Gasteiger partial charge is 0.162 e. The van der Waals surface area contributed by atoms with Crippen LogP contribution >= 0.6 is 0 Å². The number of carbonyl (C=O) groups excluding carboxylic acids is 1. The molecule has 14 heavy (non-hydrogen) atoms. The SMILES string of the molecule is CC1(C)CCC[C@]2(C)[C@H](O)C(=O)C[C@H]12. The van der Waals surface area contributed by atoms with Gasteiger partial charge < -0.3 is 5.11 Å². The second-order valence-electron chi connectivity index (χ2n) is 5.97. The van der Waals surface area contributed by atoms with E-state index in [-0.39, 0.29) is 16.6 Å². The molecule has 1 N–H and O–H groups in total.